The second-order valence-electron chi connectivity index (χ2n) is 3.22. The Balaban J connectivity index is 2.03. The molecule has 0 spiro atoms. The lowest BCUT2D eigenvalue weighted by Gasteiger charge is -2.21. The summed E-state index contributed by atoms with van der Waals surface area (Å²) in [6.07, 6.45) is 2.32. The Morgan fingerprint density at radius 3 is 2.93 bits per heavy atom. The quantitative estimate of drug-likeness (QED) is 0.661. The van der Waals surface area contributed by atoms with Crippen molar-refractivity contribution < 1.29 is 9.63 Å². The van der Waals surface area contributed by atoms with Crippen molar-refractivity contribution in [3.05, 3.63) is 0 Å². The Kier molecular flexibility index (Phi) is 5.98. The van der Waals surface area contributed by atoms with Crippen LogP contribution in [0.1, 0.15) is 19.8 Å². The molecule has 1 aliphatic heterocycles. The Hall–Kier alpha value is -0.260. The number of carbonyl (C=O) groups excluding carboxylic acids is 1. The first-order chi connectivity index (χ1) is 6.83. The van der Waals surface area contributed by atoms with Gasteiger partial charge >= 0.3 is 0 Å². The van der Waals surface area contributed by atoms with Gasteiger partial charge in [-0.25, -0.2) is 5.48 Å². The van der Waals surface area contributed by atoms with Crippen LogP contribution in [-0.2, 0) is 9.63 Å². The molecule has 0 saturated carbocycles. The third kappa shape index (κ3) is 4.83. The Morgan fingerprint density at radius 2 is 2.29 bits per heavy atom. The van der Waals surface area contributed by atoms with E-state index >= 15 is 0 Å². The van der Waals surface area contributed by atoms with Crippen LogP contribution in [0.5, 0.6) is 0 Å². The number of amides is 1. The molecule has 82 valence electrons. The minimum Gasteiger partial charge on any atom is -0.317 e. The van der Waals surface area contributed by atoms with Gasteiger partial charge in [0.25, 0.3) is 5.91 Å². The van der Waals surface area contributed by atoms with Gasteiger partial charge in [-0.2, -0.15) is 0 Å². The summed E-state index contributed by atoms with van der Waals surface area (Å²) in [6.45, 7) is 4.51. The second kappa shape index (κ2) is 7.09. The predicted molar refractivity (Wildman–Crippen MR) is 58.1 cm³/mol. The summed E-state index contributed by atoms with van der Waals surface area (Å²) in [6, 6.07) is 0. The number of hydrogen-bond acceptors (Lipinski definition) is 4. The molecule has 14 heavy (non-hydrogen) atoms. The van der Waals surface area contributed by atoms with Crippen molar-refractivity contribution in [3.63, 3.8) is 0 Å². The monoisotopic (exact) mass is 218 g/mol. The number of nitrogens with one attached hydrogen (secondary N) is 2. The topological polar surface area (TPSA) is 50.4 Å². The summed E-state index contributed by atoms with van der Waals surface area (Å²) in [5.41, 5.74) is 2.40. The van der Waals surface area contributed by atoms with Gasteiger partial charge in [-0.1, -0.05) is 0 Å². The van der Waals surface area contributed by atoms with Crippen LogP contribution in [0.4, 0.5) is 0 Å². The standard InChI is InChI=1S/C9H18N2O2S/c1-2-13-11-9(12)7-14-8-3-5-10-6-4-8/h8,10H,2-7H2,1H3,(H,11,12). The van der Waals surface area contributed by atoms with E-state index in [9.17, 15) is 4.79 Å². The number of carbonyl (C=O) groups is 1. The molecule has 1 saturated heterocycles. The van der Waals surface area contributed by atoms with Crippen molar-refractivity contribution >= 4 is 17.7 Å². The van der Waals surface area contributed by atoms with Crippen molar-refractivity contribution in [1.82, 2.24) is 10.8 Å². The van der Waals surface area contributed by atoms with Crippen molar-refractivity contribution in [2.45, 2.75) is 25.0 Å². The minimum absolute atomic E-state index is 0.0321. The molecule has 0 atom stereocenters. The fraction of sp³-hybridized carbons (Fsp3) is 0.889. The maximum absolute atomic E-state index is 11.2. The Morgan fingerprint density at radius 1 is 1.57 bits per heavy atom. The van der Waals surface area contributed by atoms with Crippen LogP contribution in [-0.4, -0.2) is 36.6 Å². The van der Waals surface area contributed by atoms with E-state index in [1.807, 2.05) is 6.92 Å². The molecule has 0 aromatic rings. The molecule has 0 aromatic carbocycles. The highest BCUT2D eigenvalue weighted by atomic mass is 32.2. The van der Waals surface area contributed by atoms with Gasteiger partial charge in [0.2, 0.25) is 0 Å². The first-order valence-corrected chi connectivity index (χ1v) is 6.10. The van der Waals surface area contributed by atoms with Gasteiger partial charge in [0.15, 0.2) is 0 Å². The van der Waals surface area contributed by atoms with E-state index in [0.29, 0.717) is 17.6 Å². The Labute approximate surface area is 89.1 Å². The fourth-order valence-electron chi connectivity index (χ4n) is 1.34. The molecule has 1 fully saturated rings. The number of thioether (sulfide) groups is 1. The molecule has 0 unspecified atom stereocenters. The highest BCUT2D eigenvalue weighted by Gasteiger charge is 2.14. The SMILES string of the molecule is CCONC(=O)CSC1CCNCC1. The van der Waals surface area contributed by atoms with Gasteiger partial charge in [0, 0.05) is 5.25 Å². The molecule has 0 aromatic heterocycles. The van der Waals surface area contributed by atoms with Crippen molar-refractivity contribution in [2.75, 3.05) is 25.4 Å². The molecule has 0 radical (unpaired) electrons. The van der Waals surface area contributed by atoms with Crippen LogP contribution >= 0.6 is 11.8 Å². The average Bonchev–Trinajstić information content (AvgIpc) is 2.25. The van der Waals surface area contributed by atoms with Crippen LogP contribution in [0.15, 0.2) is 0 Å². The van der Waals surface area contributed by atoms with E-state index in [-0.39, 0.29) is 5.91 Å². The number of rotatable bonds is 5. The molecule has 1 amide bonds. The first-order valence-electron chi connectivity index (χ1n) is 5.06. The van der Waals surface area contributed by atoms with Crippen LogP contribution in [0, 0.1) is 0 Å². The van der Waals surface area contributed by atoms with Crippen molar-refractivity contribution in [3.8, 4) is 0 Å². The molecule has 1 heterocycles. The third-order valence-electron chi connectivity index (χ3n) is 2.07. The lowest BCUT2D eigenvalue weighted by Crippen LogP contribution is -2.31. The largest absolute Gasteiger partial charge is 0.317 e. The maximum atomic E-state index is 11.2. The van der Waals surface area contributed by atoms with Crippen LogP contribution < -0.4 is 10.8 Å². The van der Waals surface area contributed by atoms with Gasteiger partial charge in [0.05, 0.1) is 12.4 Å². The summed E-state index contributed by atoms with van der Waals surface area (Å²) in [7, 11) is 0. The molecule has 1 rings (SSSR count). The lowest BCUT2D eigenvalue weighted by atomic mass is 10.2. The summed E-state index contributed by atoms with van der Waals surface area (Å²) in [5, 5.41) is 3.93. The lowest BCUT2D eigenvalue weighted by molar-refractivity contribution is -0.130. The van der Waals surface area contributed by atoms with Gasteiger partial charge in [-0.15, -0.1) is 11.8 Å². The van der Waals surface area contributed by atoms with E-state index < -0.39 is 0 Å². The summed E-state index contributed by atoms with van der Waals surface area (Å²) >= 11 is 1.72. The van der Waals surface area contributed by atoms with Gasteiger partial charge < -0.3 is 5.32 Å². The zero-order chi connectivity index (χ0) is 10.2. The normalized spacial score (nSPS) is 18.1. The smallest absolute Gasteiger partial charge is 0.253 e. The highest BCUT2D eigenvalue weighted by Crippen LogP contribution is 2.19. The molecule has 5 heteroatoms. The van der Waals surface area contributed by atoms with Gasteiger partial charge in [-0.05, 0) is 32.9 Å². The molecule has 2 N–H and O–H groups in total. The predicted octanol–water partition coefficient (Wildman–Crippen LogP) is 0.539. The average molecular weight is 218 g/mol. The van der Waals surface area contributed by atoms with E-state index in [2.05, 4.69) is 10.8 Å². The summed E-state index contributed by atoms with van der Waals surface area (Å²) < 4.78 is 0. The molecular weight excluding hydrogens is 200 g/mol. The third-order valence-corrected chi connectivity index (χ3v) is 3.44. The van der Waals surface area contributed by atoms with Crippen LogP contribution in [0.25, 0.3) is 0 Å². The van der Waals surface area contributed by atoms with E-state index in [1.165, 1.54) is 0 Å². The Bertz CT molecular complexity index is 172. The van der Waals surface area contributed by atoms with Crippen molar-refractivity contribution in [1.29, 1.82) is 0 Å². The zero-order valence-electron chi connectivity index (χ0n) is 8.54. The van der Waals surface area contributed by atoms with E-state index in [1.54, 1.807) is 11.8 Å². The number of piperidine rings is 1. The number of hydrogen-bond donors (Lipinski definition) is 2. The minimum atomic E-state index is -0.0321. The van der Waals surface area contributed by atoms with Crippen LogP contribution in [0.3, 0.4) is 0 Å². The fourth-order valence-corrected chi connectivity index (χ4v) is 2.35. The van der Waals surface area contributed by atoms with Crippen LogP contribution in [0.2, 0.25) is 0 Å². The van der Waals surface area contributed by atoms with E-state index in [0.717, 1.165) is 25.9 Å². The molecule has 4 nitrogen and oxygen atoms in total. The highest BCUT2D eigenvalue weighted by molar-refractivity contribution is 8.00. The van der Waals surface area contributed by atoms with Gasteiger partial charge in [-0.3, -0.25) is 9.63 Å². The molecule has 0 bridgehead atoms. The maximum Gasteiger partial charge on any atom is 0.253 e. The zero-order valence-corrected chi connectivity index (χ0v) is 9.36. The second-order valence-corrected chi connectivity index (χ2v) is 4.51. The molecule has 0 aliphatic carbocycles. The first kappa shape index (κ1) is 11.8. The summed E-state index contributed by atoms with van der Waals surface area (Å²) in [5.74, 6) is 0.473. The number of hydroxylamine groups is 1. The van der Waals surface area contributed by atoms with E-state index in [4.69, 9.17) is 4.84 Å². The van der Waals surface area contributed by atoms with Gasteiger partial charge in [0.1, 0.15) is 0 Å². The summed E-state index contributed by atoms with van der Waals surface area (Å²) in [4.78, 5) is 16.0. The molecular formula is C9H18N2O2S. The van der Waals surface area contributed by atoms with Crippen molar-refractivity contribution in [2.24, 2.45) is 0 Å². The molecule has 1 aliphatic rings.